The molecular weight excluding hydrogens is 408 g/mol. The van der Waals surface area contributed by atoms with Crippen LogP contribution in [0.15, 0.2) is 60.7 Å². The smallest absolute Gasteiger partial charge is 0.268 e. The van der Waals surface area contributed by atoms with E-state index in [9.17, 15) is 0 Å². The van der Waals surface area contributed by atoms with Gasteiger partial charge in [-0.2, -0.15) is 0 Å². The molecule has 0 bridgehead atoms. The molecule has 2 aromatic rings. The van der Waals surface area contributed by atoms with Gasteiger partial charge in [-0.05, 0) is 30.5 Å². The highest BCUT2D eigenvalue weighted by Crippen LogP contribution is 2.47. The molecule has 2 fully saturated rings. The van der Waals surface area contributed by atoms with E-state index >= 15 is 8.78 Å². The number of piperidine rings is 1. The molecule has 5 atom stereocenters. The number of hydrogen-bond donors (Lipinski definition) is 0. The van der Waals surface area contributed by atoms with Gasteiger partial charge in [0.15, 0.2) is 0 Å². The number of ether oxygens (including phenoxy) is 2. The number of rotatable bonds is 9. The average Bonchev–Trinajstić information content (AvgIpc) is 3.12. The van der Waals surface area contributed by atoms with Crippen LogP contribution in [-0.2, 0) is 22.7 Å². The highest BCUT2D eigenvalue weighted by molar-refractivity contribution is 5.16. The van der Waals surface area contributed by atoms with Crippen molar-refractivity contribution in [3.63, 3.8) is 0 Å². The van der Waals surface area contributed by atoms with Crippen LogP contribution in [0.4, 0.5) is 8.78 Å². The maximum atomic E-state index is 15.6. The lowest BCUT2D eigenvalue weighted by molar-refractivity contribution is -0.177. The monoisotopic (exact) mass is 443 g/mol. The van der Waals surface area contributed by atoms with Gasteiger partial charge in [-0.3, -0.25) is 4.90 Å². The Kier molecular flexibility index (Phi) is 7.59. The first kappa shape index (κ1) is 23.3. The largest absolute Gasteiger partial charge is 0.369 e. The topological polar surface area (TPSA) is 21.7 Å². The van der Waals surface area contributed by atoms with E-state index in [0.717, 1.165) is 30.4 Å². The Morgan fingerprint density at radius 3 is 2.03 bits per heavy atom. The van der Waals surface area contributed by atoms with Crippen molar-refractivity contribution in [1.82, 2.24) is 4.90 Å². The molecule has 2 saturated heterocycles. The summed E-state index contributed by atoms with van der Waals surface area (Å²) >= 11 is 0. The first-order valence-electron chi connectivity index (χ1n) is 12.0. The molecule has 0 aromatic heterocycles. The SMILES string of the molecule is CCCC[C@@H]1[C@H](OCc2ccccc2)[C@@H](OCc2ccccc2)[C@H]2N1CC[C@H](C)C2(F)F. The van der Waals surface area contributed by atoms with Gasteiger partial charge in [-0.1, -0.05) is 87.4 Å². The van der Waals surface area contributed by atoms with Gasteiger partial charge < -0.3 is 9.47 Å². The Bertz CT molecular complexity index is 832. The van der Waals surface area contributed by atoms with Gasteiger partial charge in [-0.15, -0.1) is 0 Å². The average molecular weight is 444 g/mol. The van der Waals surface area contributed by atoms with Crippen LogP contribution in [0.2, 0.25) is 0 Å². The lowest BCUT2D eigenvalue weighted by atomic mass is 9.87. The summed E-state index contributed by atoms with van der Waals surface area (Å²) in [7, 11) is 0. The molecule has 174 valence electrons. The fraction of sp³-hybridized carbons (Fsp3) is 0.556. The van der Waals surface area contributed by atoms with Crippen LogP contribution in [0.1, 0.15) is 50.7 Å². The predicted octanol–water partition coefficient (Wildman–Crippen LogP) is 6.08. The van der Waals surface area contributed by atoms with Crippen LogP contribution in [0.3, 0.4) is 0 Å². The van der Waals surface area contributed by atoms with Gasteiger partial charge >= 0.3 is 0 Å². The third-order valence-corrected chi connectivity index (χ3v) is 7.09. The van der Waals surface area contributed by atoms with Crippen molar-refractivity contribution in [3.05, 3.63) is 71.8 Å². The Hall–Kier alpha value is -1.82. The van der Waals surface area contributed by atoms with E-state index in [-0.39, 0.29) is 12.1 Å². The van der Waals surface area contributed by atoms with Crippen LogP contribution < -0.4 is 0 Å². The molecule has 0 radical (unpaired) electrons. The summed E-state index contributed by atoms with van der Waals surface area (Å²) in [4.78, 5) is 2.01. The molecule has 0 spiro atoms. The van der Waals surface area contributed by atoms with Gasteiger partial charge in [0.05, 0.1) is 13.2 Å². The summed E-state index contributed by atoms with van der Waals surface area (Å²) in [5.74, 6) is -3.47. The normalized spacial score (nSPS) is 29.7. The first-order valence-corrected chi connectivity index (χ1v) is 12.0. The van der Waals surface area contributed by atoms with Gasteiger partial charge in [0.25, 0.3) is 5.92 Å². The second-order valence-corrected chi connectivity index (χ2v) is 9.28. The van der Waals surface area contributed by atoms with E-state index in [1.54, 1.807) is 6.92 Å². The molecule has 0 aliphatic carbocycles. The van der Waals surface area contributed by atoms with Gasteiger partial charge in [-0.25, -0.2) is 8.78 Å². The van der Waals surface area contributed by atoms with Gasteiger partial charge in [0.2, 0.25) is 0 Å². The summed E-state index contributed by atoms with van der Waals surface area (Å²) in [5.41, 5.74) is 2.04. The molecule has 2 aliphatic heterocycles. The molecule has 0 unspecified atom stereocenters. The lowest BCUT2D eigenvalue weighted by Crippen LogP contribution is -2.58. The highest BCUT2D eigenvalue weighted by Gasteiger charge is 2.63. The van der Waals surface area contributed by atoms with Crippen molar-refractivity contribution < 1.29 is 18.3 Å². The van der Waals surface area contributed by atoms with E-state index in [2.05, 4.69) is 6.92 Å². The molecule has 5 heteroatoms. The summed E-state index contributed by atoms with van der Waals surface area (Å²) in [6.07, 6.45) is 2.32. The van der Waals surface area contributed by atoms with Crippen molar-refractivity contribution in [2.75, 3.05) is 6.54 Å². The number of hydrogen-bond acceptors (Lipinski definition) is 3. The standard InChI is InChI=1S/C27H35F2NO2/c1-3-4-15-23-24(31-18-21-11-7-5-8-12-21)25(32-19-22-13-9-6-10-14-22)26-27(28,29)20(2)16-17-30(23)26/h5-14,20,23-26H,3-4,15-19H2,1-2H3/t20-,23+,24-,25+,26+/m0/s1. The lowest BCUT2D eigenvalue weighted by Gasteiger charge is -2.43. The number of nitrogens with zero attached hydrogens (tertiary/aromatic N) is 1. The van der Waals surface area contributed by atoms with Crippen LogP contribution in [-0.4, -0.2) is 41.7 Å². The summed E-state index contributed by atoms with van der Waals surface area (Å²) < 4.78 is 43.9. The number of halogens is 2. The van der Waals surface area contributed by atoms with Crippen LogP contribution in [0.5, 0.6) is 0 Å². The molecule has 32 heavy (non-hydrogen) atoms. The van der Waals surface area contributed by atoms with E-state index in [1.165, 1.54) is 0 Å². The fourth-order valence-electron chi connectivity index (χ4n) is 5.22. The Labute approximate surface area is 190 Å². The van der Waals surface area contributed by atoms with Crippen molar-refractivity contribution in [1.29, 1.82) is 0 Å². The zero-order valence-corrected chi connectivity index (χ0v) is 19.1. The summed E-state index contributed by atoms with van der Waals surface area (Å²) in [6, 6.07) is 18.7. The number of alkyl halides is 2. The zero-order valence-electron chi connectivity index (χ0n) is 19.1. The Morgan fingerprint density at radius 1 is 0.906 bits per heavy atom. The minimum absolute atomic E-state index is 0.0530. The molecule has 3 nitrogen and oxygen atoms in total. The Balaban J connectivity index is 1.61. The number of unbranched alkanes of at least 4 members (excludes halogenated alkanes) is 1. The second-order valence-electron chi connectivity index (χ2n) is 9.28. The molecule has 4 rings (SSSR count). The number of fused-ring (bicyclic) bond motifs is 1. The van der Waals surface area contributed by atoms with Crippen LogP contribution >= 0.6 is 0 Å². The third kappa shape index (κ3) is 4.90. The van der Waals surface area contributed by atoms with E-state index in [1.807, 2.05) is 65.6 Å². The molecule has 0 saturated carbocycles. The maximum Gasteiger partial charge on any atom is 0.268 e. The second kappa shape index (κ2) is 10.4. The predicted molar refractivity (Wildman–Crippen MR) is 123 cm³/mol. The van der Waals surface area contributed by atoms with E-state index in [4.69, 9.17) is 9.47 Å². The minimum atomic E-state index is -2.81. The van der Waals surface area contributed by atoms with Crippen molar-refractivity contribution >= 4 is 0 Å². The quantitative estimate of drug-likeness (QED) is 0.469. The molecule has 2 heterocycles. The van der Waals surface area contributed by atoms with Crippen molar-refractivity contribution in [3.8, 4) is 0 Å². The fourth-order valence-corrected chi connectivity index (χ4v) is 5.22. The number of benzene rings is 2. The summed E-state index contributed by atoms with van der Waals surface area (Å²) in [6.45, 7) is 5.20. The summed E-state index contributed by atoms with van der Waals surface area (Å²) in [5, 5.41) is 0. The zero-order chi connectivity index (χ0) is 22.6. The van der Waals surface area contributed by atoms with Crippen LogP contribution in [0, 0.1) is 5.92 Å². The van der Waals surface area contributed by atoms with E-state index in [0.29, 0.717) is 26.2 Å². The van der Waals surface area contributed by atoms with Gasteiger partial charge in [0.1, 0.15) is 18.2 Å². The molecule has 0 N–H and O–H groups in total. The van der Waals surface area contributed by atoms with Crippen molar-refractivity contribution in [2.24, 2.45) is 5.92 Å². The van der Waals surface area contributed by atoms with Gasteiger partial charge in [0, 0.05) is 12.0 Å². The van der Waals surface area contributed by atoms with Crippen LogP contribution in [0.25, 0.3) is 0 Å². The molecule has 2 aliphatic rings. The molecule has 2 aromatic carbocycles. The van der Waals surface area contributed by atoms with E-state index < -0.39 is 24.0 Å². The first-order chi connectivity index (χ1) is 15.5. The molecule has 0 amide bonds. The van der Waals surface area contributed by atoms with Crippen molar-refractivity contribution in [2.45, 2.75) is 83.0 Å². The molecular formula is C27H35F2NO2. The highest BCUT2D eigenvalue weighted by atomic mass is 19.3. The third-order valence-electron chi connectivity index (χ3n) is 7.09. The minimum Gasteiger partial charge on any atom is -0.369 e. The Morgan fingerprint density at radius 2 is 1.47 bits per heavy atom. The maximum absolute atomic E-state index is 15.6.